The summed E-state index contributed by atoms with van der Waals surface area (Å²) < 4.78 is 12.6. The molecule has 5 rings (SSSR count). The Bertz CT molecular complexity index is 1190. The number of aromatic nitrogens is 3. The molecule has 3 heterocycles. The highest BCUT2D eigenvalue weighted by atomic mass is 32.1. The van der Waals surface area contributed by atoms with Gasteiger partial charge >= 0.3 is 0 Å². The van der Waals surface area contributed by atoms with Gasteiger partial charge in [-0.05, 0) is 49.4 Å². The van der Waals surface area contributed by atoms with Crippen molar-refractivity contribution in [2.75, 3.05) is 18.5 Å². The topological polar surface area (TPSA) is 95.3 Å². The van der Waals surface area contributed by atoms with E-state index in [0.29, 0.717) is 24.1 Å². The van der Waals surface area contributed by atoms with Crippen molar-refractivity contribution in [3.8, 4) is 22.8 Å². The second-order valence-electron chi connectivity index (χ2n) is 7.62. The molecule has 9 heteroatoms. The Hall–Kier alpha value is -3.20. The molecule has 160 valence electrons. The van der Waals surface area contributed by atoms with Gasteiger partial charge in [0.1, 0.15) is 6.54 Å². The molecule has 0 radical (unpaired) electrons. The minimum absolute atomic E-state index is 0.134. The van der Waals surface area contributed by atoms with Gasteiger partial charge in [0, 0.05) is 23.4 Å². The molecule has 8 nitrogen and oxygen atoms in total. The van der Waals surface area contributed by atoms with Gasteiger partial charge in [0.2, 0.25) is 5.91 Å². The van der Waals surface area contributed by atoms with Crippen LogP contribution >= 0.6 is 11.3 Å². The zero-order valence-electron chi connectivity index (χ0n) is 16.9. The first-order chi connectivity index (χ1) is 15.2. The number of carbonyl (C=O) groups excluding carboxylic acids is 1. The molecule has 0 bridgehead atoms. The molecule has 0 atom stereocenters. The third-order valence-corrected chi connectivity index (χ3v) is 6.12. The van der Waals surface area contributed by atoms with Crippen LogP contribution in [0.2, 0.25) is 0 Å². The number of hydrogen-bond acceptors (Lipinski definition) is 7. The van der Waals surface area contributed by atoms with Gasteiger partial charge in [-0.2, -0.15) is 5.10 Å². The average molecular weight is 439 g/mol. The van der Waals surface area contributed by atoms with E-state index < -0.39 is 0 Å². The highest BCUT2D eigenvalue weighted by Gasteiger charge is 2.16. The highest BCUT2D eigenvalue weighted by Crippen LogP contribution is 2.35. The van der Waals surface area contributed by atoms with Gasteiger partial charge in [0.15, 0.2) is 16.6 Å². The molecule has 0 spiro atoms. The molecule has 1 N–H and O–H groups in total. The molecule has 2 aromatic heterocycles. The molecule has 0 saturated carbocycles. The molecule has 2 aliphatic rings. The summed E-state index contributed by atoms with van der Waals surface area (Å²) in [6.07, 6.45) is 4.72. The number of amides is 1. The molecular formula is C22H22N4O4S. The van der Waals surface area contributed by atoms with Gasteiger partial charge in [-0.3, -0.25) is 9.59 Å². The fourth-order valence-electron chi connectivity index (χ4n) is 3.80. The molecule has 3 aromatic rings. The molecule has 1 aromatic carbocycles. The van der Waals surface area contributed by atoms with Crippen molar-refractivity contribution in [3.63, 3.8) is 0 Å². The van der Waals surface area contributed by atoms with Crippen LogP contribution in [0.4, 0.5) is 5.13 Å². The zero-order valence-corrected chi connectivity index (χ0v) is 17.7. The quantitative estimate of drug-likeness (QED) is 0.673. The Kier molecular flexibility index (Phi) is 5.42. The molecule has 0 unspecified atom stereocenters. The van der Waals surface area contributed by atoms with Crippen molar-refractivity contribution in [2.45, 2.75) is 38.6 Å². The van der Waals surface area contributed by atoms with E-state index in [0.717, 1.165) is 60.4 Å². The fraction of sp³-hybridized carbons (Fsp3) is 0.364. The molecular weight excluding hydrogens is 416 g/mol. The summed E-state index contributed by atoms with van der Waals surface area (Å²) in [5.74, 6) is 1.10. The lowest BCUT2D eigenvalue weighted by molar-refractivity contribution is -0.117. The lowest BCUT2D eigenvalue weighted by Gasteiger charge is -2.15. The van der Waals surface area contributed by atoms with Crippen molar-refractivity contribution >= 4 is 22.4 Å². The van der Waals surface area contributed by atoms with Crippen LogP contribution in [0.1, 0.15) is 30.5 Å². The van der Waals surface area contributed by atoms with Crippen molar-refractivity contribution in [3.05, 3.63) is 51.3 Å². The summed E-state index contributed by atoms with van der Waals surface area (Å²) in [5, 5.41) is 9.51. The van der Waals surface area contributed by atoms with Gasteiger partial charge < -0.3 is 14.8 Å². The molecule has 1 aliphatic carbocycles. The number of benzene rings is 1. The summed E-state index contributed by atoms with van der Waals surface area (Å²) in [6, 6.07) is 7.31. The standard InChI is InChI=1S/C22H22N4O4S/c27-20(12-26-21(28)11-14-4-1-2-5-16(14)25-26)24-22-23-17(13-31-22)15-6-7-18-19(10-15)30-9-3-8-29-18/h6-7,10-11,13H,1-5,8-9,12H2,(H,23,24,27). The maximum absolute atomic E-state index is 12.5. The Morgan fingerprint density at radius 2 is 1.94 bits per heavy atom. The Morgan fingerprint density at radius 3 is 2.84 bits per heavy atom. The van der Waals surface area contributed by atoms with Crippen molar-refractivity contribution in [2.24, 2.45) is 0 Å². The van der Waals surface area contributed by atoms with E-state index in [9.17, 15) is 9.59 Å². The first-order valence-electron chi connectivity index (χ1n) is 10.4. The lowest BCUT2D eigenvalue weighted by atomic mass is 9.97. The van der Waals surface area contributed by atoms with E-state index >= 15 is 0 Å². The number of anilines is 1. The minimum Gasteiger partial charge on any atom is -0.490 e. The van der Waals surface area contributed by atoms with Crippen LogP contribution in [-0.4, -0.2) is 33.9 Å². The molecule has 1 aliphatic heterocycles. The molecule has 0 saturated heterocycles. The van der Waals surface area contributed by atoms with Crippen LogP contribution in [0.25, 0.3) is 11.3 Å². The molecule has 0 fully saturated rings. The SMILES string of the molecule is O=C(Cn1nc2c(cc1=O)CCCC2)Nc1nc(-c2ccc3c(c2)OCCCO3)cs1. The predicted molar refractivity (Wildman–Crippen MR) is 117 cm³/mol. The third-order valence-electron chi connectivity index (χ3n) is 5.36. The van der Waals surface area contributed by atoms with Crippen LogP contribution in [-0.2, 0) is 24.2 Å². The fourth-order valence-corrected chi connectivity index (χ4v) is 4.53. The zero-order chi connectivity index (χ0) is 21.2. The lowest BCUT2D eigenvalue weighted by Crippen LogP contribution is -2.31. The first kappa shape index (κ1) is 19.7. The number of nitrogens with zero attached hydrogens (tertiary/aromatic N) is 3. The number of thiazole rings is 1. The number of aryl methyl sites for hydroxylation is 2. The van der Waals surface area contributed by atoms with Crippen molar-refractivity contribution in [1.29, 1.82) is 0 Å². The first-order valence-corrected chi connectivity index (χ1v) is 11.3. The van der Waals surface area contributed by atoms with E-state index in [1.807, 2.05) is 23.6 Å². The van der Waals surface area contributed by atoms with E-state index in [2.05, 4.69) is 15.4 Å². The average Bonchev–Trinajstić information content (AvgIpc) is 3.10. The Labute approximate surface area is 182 Å². The number of nitrogens with one attached hydrogen (secondary N) is 1. The van der Waals surface area contributed by atoms with Crippen LogP contribution in [0.5, 0.6) is 11.5 Å². The minimum atomic E-state index is -0.329. The van der Waals surface area contributed by atoms with Gasteiger partial charge in [-0.15, -0.1) is 11.3 Å². The predicted octanol–water partition coefficient (Wildman–Crippen LogP) is 3.05. The molecule has 1 amide bonds. The summed E-state index contributed by atoms with van der Waals surface area (Å²) in [7, 11) is 0. The van der Waals surface area contributed by atoms with Crippen molar-refractivity contribution < 1.29 is 14.3 Å². The normalized spacial score (nSPS) is 15.1. The van der Waals surface area contributed by atoms with E-state index in [1.54, 1.807) is 6.07 Å². The second-order valence-corrected chi connectivity index (χ2v) is 8.48. The van der Waals surface area contributed by atoms with Gasteiger partial charge in [0.25, 0.3) is 5.56 Å². The van der Waals surface area contributed by atoms with Gasteiger partial charge in [-0.25, -0.2) is 9.67 Å². The van der Waals surface area contributed by atoms with Crippen LogP contribution in [0.15, 0.2) is 34.4 Å². The maximum atomic E-state index is 12.5. The third kappa shape index (κ3) is 4.32. The number of fused-ring (bicyclic) bond motifs is 2. The second kappa shape index (κ2) is 8.50. The highest BCUT2D eigenvalue weighted by molar-refractivity contribution is 7.14. The number of hydrogen-bond donors (Lipinski definition) is 1. The van der Waals surface area contributed by atoms with E-state index in [4.69, 9.17) is 9.47 Å². The van der Waals surface area contributed by atoms with E-state index in [-0.39, 0.29) is 18.0 Å². The van der Waals surface area contributed by atoms with Crippen LogP contribution in [0.3, 0.4) is 0 Å². The Balaban J connectivity index is 1.28. The number of rotatable bonds is 4. The van der Waals surface area contributed by atoms with Gasteiger partial charge in [0.05, 0.1) is 24.6 Å². The van der Waals surface area contributed by atoms with Gasteiger partial charge in [-0.1, -0.05) is 0 Å². The largest absolute Gasteiger partial charge is 0.490 e. The van der Waals surface area contributed by atoms with Crippen LogP contribution < -0.4 is 20.3 Å². The summed E-state index contributed by atoms with van der Waals surface area (Å²) in [6.45, 7) is 1.12. The summed E-state index contributed by atoms with van der Waals surface area (Å²) >= 11 is 1.33. The smallest absolute Gasteiger partial charge is 0.267 e. The number of ether oxygens (including phenoxy) is 2. The van der Waals surface area contributed by atoms with Crippen LogP contribution in [0, 0.1) is 0 Å². The Morgan fingerprint density at radius 1 is 1.10 bits per heavy atom. The summed E-state index contributed by atoms with van der Waals surface area (Å²) in [5.41, 5.74) is 3.30. The summed E-state index contributed by atoms with van der Waals surface area (Å²) in [4.78, 5) is 29.3. The van der Waals surface area contributed by atoms with Crippen molar-refractivity contribution in [1.82, 2.24) is 14.8 Å². The maximum Gasteiger partial charge on any atom is 0.267 e. The molecule has 31 heavy (non-hydrogen) atoms. The van der Waals surface area contributed by atoms with E-state index in [1.165, 1.54) is 16.0 Å². The number of carbonyl (C=O) groups is 1. The monoisotopic (exact) mass is 438 g/mol.